The van der Waals surface area contributed by atoms with E-state index in [2.05, 4.69) is 41.5 Å². The molecule has 0 aliphatic carbocycles. The summed E-state index contributed by atoms with van der Waals surface area (Å²) in [7, 11) is 0. The molecular formula is C15H11BrF2N6. The summed E-state index contributed by atoms with van der Waals surface area (Å²) in [6.07, 6.45) is 2.86. The number of nitrogens with two attached hydrogens (primary N) is 1. The summed E-state index contributed by atoms with van der Waals surface area (Å²) in [5.74, 6) is -0.248. The first-order chi connectivity index (χ1) is 11.5. The second-order valence-corrected chi connectivity index (χ2v) is 5.64. The molecule has 4 N–H and O–H groups in total. The molecule has 2 heterocycles. The average molecular weight is 393 g/mol. The van der Waals surface area contributed by atoms with Crippen molar-refractivity contribution in [3.05, 3.63) is 59.0 Å². The van der Waals surface area contributed by atoms with Gasteiger partial charge in [-0.05, 0) is 40.2 Å². The lowest BCUT2D eigenvalue weighted by Crippen LogP contribution is -2.06. The van der Waals surface area contributed by atoms with Gasteiger partial charge in [-0.3, -0.25) is 0 Å². The summed E-state index contributed by atoms with van der Waals surface area (Å²) in [6.45, 7) is 0. The number of nitrogens with zero attached hydrogens (tertiary/aromatic N) is 3. The maximum atomic E-state index is 13.7. The van der Waals surface area contributed by atoms with Gasteiger partial charge in [0.2, 0.25) is 0 Å². The minimum atomic E-state index is -0.626. The number of hydrogen-bond donors (Lipinski definition) is 3. The summed E-state index contributed by atoms with van der Waals surface area (Å²) < 4.78 is 27.8. The predicted octanol–water partition coefficient (Wildman–Crippen LogP) is 3.98. The van der Waals surface area contributed by atoms with Crippen molar-refractivity contribution >= 4 is 44.8 Å². The molecule has 1 aromatic carbocycles. The summed E-state index contributed by atoms with van der Waals surface area (Å²) >= 11 is 3.29. The topological polar surface area (TPSA) is 88.8 Å². The number of rotatable bonds is 4. The van der Waals surface area contributed by atoms with Crippen LogP contribution < -0.4 is 16.4 Å². The monoisotopic (exact) mass is 392 g/mol. The van der Waals surface area contributed by atoms with Crippen molar-refractivity contribution in [1.82, 2.24) is 15.0 Å². The average Bonchev–Trinajstić information content (AvgIpc) is 2.56. The fourth-order valence-corrected chi connectivity index (χ4v) is 2.12. The van der Waals surface area contributed by atoms with E-state index in [1.807, 2.05) is 0 Å². The zero-order chi connectivity index (χ0) is 17.1. The molecule has 0 amide bonds. The van der Waals surface area contributed by atoms with E-state index in [1.165, 1.54) is 6.33 Å². The molecule has 0 atom stereocenters. The van der Waals surface area contributed by atoms with E-state index in [-0.39, 0.29) is 17.2 Å². The molecule has 0 fully saturated rings. The van der Waals surface area contributed by atoms with Gasteiger partial charge in [-0.15, -0.1) is 0 Å². The molecule has 0 spiro atoms. The van der Waals surface area contributed by atoms with Crippen molar-refractivity contribution in [1.29, 1.82) is 0 Å². The van der Waals surface area contributed by atoms with Crippen LogP contribution in [0.3, 0.4) is 0 Å². The highest BCUT2D eigenvalue weighted by Crippen LogP contribution is 2.29. The molecule has 0 aliphatic rings. The van der Waals surface area contributed by atoms with Crippen LogP contribution in [0, 0.1) is 11.6 Å². The Kier molecular flexibility index (Phi) is 4.52. The lowest BCUT2D eigenvalue weighted by molar-refractivity contribution is 0.603. The maximum Gasteiger partial charge on any atom is 0.160 e. The summed E-state index contributed by atoms with van der Waals surface area (Å²) in [5.41, 5.74) is 6.06. The van der Waals surface area contributed by atoms with Gasteiger partial charge in [0.15, 0.2) is 11.6 Å². The van der Waals surface area contributed by atoms with Gasteiger partial charge in [-0.1, -0.05) is 0 Å². The minimum absolute atomic E-state index is 0.0758. The Labute approximate surface area is 144 Å². The Morgan fingerprint density at radius 1 is 0.958 bits per heavy atom. The standard InChI is InChI=1S/C15H11BrF2N6/c16-8-1-4-12(20-6-8)24-15-13(19)14(21-7-22-15)23-11-5-9(17)2-3-10(11)18/h1-7H,19H2,(H2,20,21,22,23,24). The lowest BCUT2D eigenvalue weighted by atomic mass is 10.3. The van der Waals surface area contributed by atoms with Crippen LogP contribution in [0.25, 0.3) is 0 Å². The normalized spacial score (nSPS) is 10.5. The highest BCUT2D eigenvalue weighted by Gasteiger charge is 2.11. The van der Waals surface area contributed by atoms with Crippen LogP contribution in [0.2, 0.25) is 0 Å². The Balaban J connectivity index is 1.88. The van der Waals surface area contributed by atoms with Crippen LogP contribution in [0.15, 0.2) is 47.3 Å². The molecule has 122 valence electrons. The number of benzene rings is 1. The van der Waals surface area contributed by atoms with Crippen molar-refractivity contribution in [3.63, 3.8) is 0 Å². The first kappa shape index (κ1) is 16.1. The molecule has 0 radical (unpaired) electrons. The molecule has 0 saturated heterocycles. The van der Waals surface area contributed by atoms with Crippen LogP contribution in [0.4, 0.5) is 37.6 Å². The first-order valence-corrected chi connectivity index (χ1v) is 7.53. The molecule has 0 unspecified atom stereocenters. The Morgan fingerprint density at radius 3 is 2.42 bits per heavy atom. The van der Waals surface area contributed by atoms with Crippen molar-refractivity contribution in [2.75, 3.05) is 16.4 Å². The molecule has 24 heavy (non-hydrogen) atoms. The van der Waals surface area contributed by atoms with Crippen LogP contribution >= 0.6 is 15.9 Å². The molecule has 2 aromatic heterocycles. The number of hydrogen-bond acceptors (Lipinski definition) is 6. The second kappa shape index (κ2) is 6.75. The Bertz CT molecular complexity index is 872. The molecule has 3 rings (SSSR count). The van der Waals surface area contributed by atoms with E-state index in [0.717, 1.165) is 22.7 Å². The third kappa shape index (κ3) is 3.57. The van der Waals surface area contributed by atoms with Crippen molar-refractivity contribution in [2.24, 2.45) is 0 Å². The summed E-state index contributed by atoms with van der Waals surface area (Å²) in [4.78, 5) is 12.1. The van der Waals surface area contributed by atoms with Gasteiger partial charge in [0.25, 0.3) is 0 Å². The number of pyridine rings is 1. The number of halogens is 3. The maximum absolute atomic E-state index is 13.7. The smallest absolute Gasteiger partial charge is 0.160 e. The second-order valence-electron chi connectivity index (χ2n) is 4.72. The van der Waals surface area contributed by atoms with Crippen LogP contribution in [-0.2, 0) is 0 Å². The zero-order valence-electron chi connectivity index (χ0n) is 12.1. The van der Waals surface area contributed by atoms with E-state index in [0.29, 0.717) is 11.6 Å². The quantitative estimate of drug-likeness (QED) is 0.622. The molecule has 0 aliphatic heterocycles. The third-order valence-electron chi connectivity index (χ3n) is 3.04. The number of aromatic nitrogens is 3. The fraction of sp³-hybridized carbons (Fsp3) is 0. The van der Waals surface area contributed by atoms with E-state index in [4.69, 9.17) is 5.73 Å². The van der Waals surface area contributed by atoms with Crippen LogP contribution in [0.5, 0.6) is 0 Å². The van der Waals surface area contributed by atoms with Crippen molar-refractivity contribution in [2.45, 2.75) is 0 Å². The molecule has 6 nitrogen and oxygen atoms in total. The Hall–Kier alpha value is -2.81. The van der Waals surface area contributed by atoms with E-state index in [9.17, 15) is 8.78 Å². The highest BCUT2D eigenvalue weighted by atomic mass is 79.9. The number of anilines is 5. The number of nitrogen functional groups attached to an aromatic ring is 1. The SMILES string of the molecule is Nc1c(Nc2ccc(Br)cn2)ncnc1Nc1cc(F)ccc1F. The zero-order valence-corrected chi connectivity index (χ0v) is 13.7. The predicted molar refractivity (Wildman–Crippen MR) is 91.3 cm³/mol. The van der Waals surface area contributed by atoms with Gasteiger partial charge in [-0.25, -0.2) is 23.7 Å². The first-order valence-electron chi connectivity index (χ1n) is 6.74. The summed E-state index contributed by atoms with van der Waals surface area (Å²) in [5, 5.41) is 5.59. The van der Waals surface area contributed by atoms with Gasteiger partial charge < -0.3 is 16.4 Å². The van der Waals surface area contributed by atoms with E-state index < -0.39 is 11.6 Å². The van der Waals surface area contributed by atoms with Crippen LogP contribution in [0.1, 0.15) is 0 Å². The van der Waals surface area contributed by atoms with Crippen LogP contribution in [-0.4, -0.2) is 15.0 Å². The van der Waals surface area contributed by atoms with Gasteiger partial charge >= 0.3 is 0 Å². The molecule has 0 bridgehead atoms. The minimum Gasteiger partial charge on any atom is -0.393 e. The van der Waals surface area contributed by atoms with Crippen molar-refractivity contribution in [3.8, 4) is 0 Å². The summed E-state index contributed by atoms with van der Waals surface area (Å²) in [6, 6.07) is 6.58. The van der Waals surface area contributed by atoms with Gasteiger partial charge in [-0.2, -0.15) is 0 Å². The molecule has 3 aromatic rings. The third-order valence-corrected chi connectivity index (χ3v) is 3.51. The van der Waals surface area contributed by atoms with E-state index >= 15 is 0 Å². The Morgan fingerprint density at radius 2 is 1.71 bits per heavy atom. The van der Waals surface area contributed by atoms with E-state index in [1.54, 1.807) is 18.3 Å². The highest BCUT2D eigenvalue weighted by molar-refractivity contribution is 9.10. The molecular weight excluding hydrogens is 382 g/mol. The molecule has 9 heteroatoms. The molecule has 0 saturated carbocycles. The van der Waals surface area contributed by atoms with Gasteiger partial charge in [0, 0.05) is 16.7 Å². The largest absolute Gasteiger partial charge is 0.393 e. The number of nitrogens with one attached hydrogen (secondary N) is 2. The van der Waals surface area contributed by atoms with Crippen molar-refractivity contribution < 1.29 is 8.78 Å². The van der Waals surface area contributed by atoms with Gasteiger partial charge in [0.05, 0.1) is 5.69 Å². The van der Waals surface area contributed by atoms with Gasteiger partial charge in [0.1, 0.15) is 29.5 Å². The lowest BCUT2D eigenvalue weighted by Gasteiger charge is -2.12. The fourth-order valence-electron chi connectivity index (χ4n) is 1.89.